The van der Waals surface area contributed by atoms with E-state index < -0.39 is 11.3 Å². The number of halogens is 3. The van der Waals surface area contributed by atoms with Crippen LogP contribution in [0.3, 0.4) is 0 Å². The first-order valence-corrected chi connectivity index (χ1v) is 12.5. The molecule has 0 unspecified atom stereocenters. The topological polar surface area (TPSA) is 135 Å². The molecule has 1 saturated carbocycles. The Balaban J connectivity index is 1.34. The van der Waals surface area contributed by atoms with Gasteiger partial charge in [-0.25, -0.2) is 4.98 Å². The van der Waals surface area contributed by atoms with Crippen molar-refractivity contribution in [2.75, 3.05) is 36.8 Å². The summed E-state index contributed by atoms with van der Waals surface area (Å²) in [6.07, 6.45) is 0.597. The average molecular weight is 538 g/mol. The van der Waals surface area contributed by atoms with E-state index in [9.17, 15) is 28.1 Å². The number of aromatic nitrogens is 2. The van der Waals surface area contributed by atoms with Crippen molar-refractivity contribution in [1.82, 2.24) is 20.2 Å². The number of nitrogens with one attached hydrogen (secondary N) is 3. The summed E-state index contributed by atoms with van der Waals surface area (Å²) in [5, 5.41) is 20.3. The summed E-state index contributed by atoms with van der Waals surface area (Å²) >= 11 is 0. The highest BCUT2D eigenvalue weighted by molar-refractivity contribution is 5.76. The first-order valence-electron chi connectivity index (χ1n) is 12.5. The summed E-state index contributed by atoms with van der Waals surface area (Å²) in [4.78, 5) is 33.1. The van der Waals surface area contributed by atoms with Gasteiger partial charge in [-0.3, -0.25) is 19.8 Å². The third kappa shape index (κ3) is 7.66. The quantitative estimate of drug-likeness (QED) is 0.323. The van der Waals surface area contributed by atoms with E-state index in [4.69, 9.17) is 0 Å². The number of para-hydroxylation sites is 1. The predicted molar refractivity (Wildman–Crippen MR) is 133 cm³/mol. The first-order chi connectivity index (χ1) is 18.2. The zero-order chi connectivity index (χ0) is 27.1. The maximum atomic E-state index is 12.7. The molecule has 4 rings (SSSR count). The summed E-state index contributed by atoms with van der Waals surface area (Å²) in [6, 6.07) is 6.09. The van der Waals surface area contributed by atoms with Crippen LogP contribution in [-0.4, -0.2) is 64.3 Å². The standard InChI is InChI=1S/C24H30F3N7O4/c25-24(26,27)38-20-4-2-1-3-17(20)14-30-23-31-15-19(34(36)37)22(32-23)29-13-16-5-7-18(8-6-16)33-11-9-21(35)28-10-12-33/h1-4,15-16,18H,5-14H2,(H,28,35)(H2,29,30,31,32)/t16-,18-. The maximum Gasteiger partial charge on any atom is 0.573 e. The number of amides is 1. The molecule has 2 aliphatic rings. The smallest absolute Gasteiger partial charge is 0.405 e. The van der Waals surface area contributed by atoms with Crippen molar-refractivity contribution in [3.05, 3.63) is 46.1 Å². The Morgan fingerprint density at radius 3 is 2.66 bits per heavy atom. The van der Waals surface area contributed by atoms with Crippen LogP contribution in [0.4, 0.5) is 30.6 Å². The van der Waals surface area contributed by atoms with Crippen molar-refractivity contribution >= 4 is 23.4 Å². The molecular weight excluding hydrogens is 507 g/mol. The van der Waals surface area contributed by atoms with E-state index >= 15 is 0 Å². The Hall–Kier alpha value is -3.68. The number of alkyl halides is 3. The Morgan fingerprint density at radius 2 is 1.92 bits per heavy atom. The SMILES string of the molecule is O=C1CCN([C@H]2CC[C@H](CNc3nc(NCc4ccccc4OC(F)(F)F)ncc3[N+](=O)[O-])CC2)CCN1. The number of hydrogen-bond donors (Lipinski definition) is 3. The zero-order valence-corrected chi connectivity index (χ0v) is 20.7. The second kappa shape index (κ2) is 12.2. The highest BCUT2D eigenvalue weighted by Crippen LogP contribution is 2.30. The molecule has 2 aromatic rings. The summed E-state index contributed by atoms with van der Waals surface area (Å²) in [5.41, 5.74) is -0.0608. The number of nitrogens with zero attached hydrogens (tertiary/aromatic N) is 4. The lowest BCUT2D eigenvalue weighted by atomic mass is 9.85. The minimum atomic E-state index is -4.83. The van der Waals surface area contributed by atoms with E-state index in [0.717, 1.165) is 45.0 Å². The molecule has 14 heteroatoms. The molecule has 3 N–H and O–H groups in total. The van der Waals surface area contributed by atoms with E-state index in [1.165, 1.54) is 18.2 Å². The van der Waals surface area contributed by atoms with E-state index in [0.29, 0.717) is 31.5 Å². The number of rotatable bonds is 9. The van der Waals surface area contributed by atoms with Crippen molar-refractivity contribution in [3.8, 4) is 5.75 Å². The number of anilines is 2. The van der Waals surface area contributed by atoms with Crippen molar-refractivity contribution in [1.29, 1.82) is 0 Å². The van der Waals surface area contributed by atoms with Crippen LogP contribution in [0, 0.1) is 16.0 Å². The van der Waals surface area contributed by atoms with E-state index in [2.05, 4.69) is 35.6 Å². The van der Waals surface area contributed by atoms with Gasteiger partial charge in [0.1, 0.15) is 11.9 Å². The van der Waals surface area contributed by atoms with E-state index in [1.54, 1.807) is 6.07 Å². The van der Waals surface area contributed by atoms with Crippen molar-refractivity contribution < 1.29 is 27.6 Å². The molecule has 0 radical (unpaired) electrons. The van der Waals surface area contributed by atoms with Crippen LogP contribution < -0.4 is 20.7 Å². The number of carbonyl (C=O) groups excluding carboxylic acids is 1. The number of nitro groups is 1. The minimum absolute atomic E-state index is 0.0351. The molecule has 0 spiro atoms. The summed E-state index contributed by atoms with van der Waals surface area (Å²) in [7, 11) is 0. The molecule has 0 bridgehead atoms. The number of hydrogen-bond acceptors (Lipinski definition) is 9. The van der Waals surface area contributed by atoms with E-state index in [-0.39, 0.29) is 41.2 Å². The fourth-order valence-corrected chi connectivity index (χ4v) is 4.88. The third-order valence-corrected chi connectivity index (χ3v) is 6.84. The summed E-state index contributed by atoms with van der Waals surface area (Å²) in [6.45, 7) is 2.68. The van der Waals surface area contributed by atoms with Gasteiger partial charge >= 0.3 is 12.0 Å². The lowest BCUT2D eigenvalue weighted by Crippen LogP contribution is -2.40. The molecular formula is C24H30F3N7O4. The van der Waals surface area contributed by atoms with Gasteiger partial charge in [-0.15, -0.1) is 13.2 Å². The van der Waals surface area contributed by atoms with Gasteiger partial charge in [0.25, 0.3) is 0 Å². The van der Waals surface area contributed by atoms with Gasteiger partial charge in [0.15, 0.2) is 0 Å². The monoisotopic (exact) mass is 537 g/mol. The van der Waals surface area contributed by atoms with Gasteiger partial charge < -0.3 is 20.7 Å². The van der Waals surface area contributed by atoms with Gasteiger partial charge in [0.05, 0.1) is 4.92 Å². The Labute approximate surface area is 217 Å². The number of carbonyl (C=O) groups is 1. The molecule has 1 aliphatic heterocycles. The number of ether oxygens (including phenoxy) is 1. The summed E-state index contributed by atoms with van der Waals surface area (Å²) < 4.78 is 42.1. The number of benzene rings is 1. The second-order valence-corrected chi connectivity index (χ2v) is 9.39. The van der Waals surface area contributed by atoms with Crippen LogP contribution >= 0.6 is 0 Å². The molecule has 11 nitrogen and oxygen atoms in total. The molecule has 2 heterocycles. The van der Waals surface area contributed by atoms with Crippen LogP contribution in [0.1, 0.15) is 37.7 Å². The van der Waals surface area contributed by atoms with Crippen LogP contribution in [0.5, 0.6) is 5.75 Å². The molecule has 1 aromatic carbocycles. The minimum Gasteiger partial charge on any atom is -0.405 e. The molecule has 1 aliphatic carbocycles. The average Bonchev–Trinajstić information content (AvgIpc) is 3.10. The molecule has 0 atom stereocenters. The third-order valence-electron chi connectivity index (χ3n) is 6.84. The molecule has 1 saturated heterocycles. The van der Waals surface area contributed by atoms with Gasteiger partial charge in [-0.2, -0.15) is 4.98 Å². The van der Waals surface area contributed by atoms with Crippen LogP contribution in [0.15, 0.2) is 30.5 Å². The lowest BCUT2D eigenvalue weighted by Gasteiger charge is -2.36. The van der Waals surface area contributed by atoms with Crippen molar-refractivity contribution in [2.45, 2.75) is 51.1 Å². The molecule has 38 heavy (non-hydrogen) atoms. The van der Waals surface area contributed by atoms with Crippen LogP contribution in [0.2, 0.25) is 0 Å². The van der Waals surface area contributed by atoms with Crippen LogP contribution in [0.25, 0.3) is 0 Å². The second-order valence-electron chi connectivity index (χ2n) is 9.39. The Bertz CT molecular complexity index is 1130. The highest BCUT2D eigenvalue weighted by Gasteiger charge is 2.32. The fraction of sp³-hybridized carbons (Fsp3) is 0.542. The predicted octanol–water partition coefficient (Wildman–Crippen LogP) is 3.69. The molecule has 1 amide bonds. The van der Waals surface area contributed by atoms with Gasteiger partial charge in [-0.05, 0) is 37.7 Å². The Kier molecular flexibility index (Phi) is 8.81. The molecule has 2 fully saturated rings. The van der Waals surface area contributed by atoms with Gasteiger partial charge in [0.2, 0.25) is 17.7 Å². The normalized spacial score (nSPS) is 20.8. The highest BCUT2D eigenvalue weighted by atomic mass is 19.4. The summed E-state index contributed by atoms with van der Waals surface area (Å²) in [5.74, 6) is 0.116. The van der Waals surface area contributed by atoms with E-state index in [1.807, 2.05) is 0 Å². The fourth-order valence-electron chi connectivity index (χ4n) is 4.88. The van der Waals surface area contributed by atoms with Crippen LogP contribution in [-0.2, 0) is 11.3 Å². The zero-order valence-electron chi connectivity index (χ0n) is 20.7. The largest absolute Gasteiger partial charge is 0.573 e. The molecule has 206 valence electrons. The van der Waals surface area contributed by atoms with Gasteiger partial charge in [0, 0.05) is 50.7 Å². The Morgan fingerprint density at radius 1 is 1.16 bits per heavy atom. The van der Waals surface area contributed by atoms with Crippen molar-refractivity contribution in [3.63, 3.8) is 0 Å². The van der Waals surface area contributed by atoms with Crippen molar-refractivity contribution in [2.24, 2.45) is 5.92 Å². The van der Waals surface area contributed by atoms with Gasteiger partial charge in [-0.1, -0.05) is 18.2 Å². The molecule has 1 aromatic heterocycles. The first kappa shape index (κ1) is 27.4. The lowest BCUT2D eigenvalue weighted by molar-refractivity contribution is -0.384. The maximum absolute atomic E-state index is 12.7.